The molecule has 2 unspecified atom stereocenters. The van der Waals surface area contributed by atoms with Crippen LogP contribution in [-0.4, -0.2) is 67.0 Å². The van der Waals surface area contributed by atoms with Crippen molar-refractivity contribution < 1.29 is 14.6 Å². The SMILES string of the molecule is CCNC(=NCC(C)CO)N(C)CCC(NC(=O)OC(C)(C)C)C(C)C. The van der Waals surface area contributed by atoms with Gasteiger partial charge in [-0.3, -0.25) is 4.99 Å². The molecule has 0 aliphatic heterocycles. The Bertz CT molecular complexity index is 433. The average Bonchev–Trinajstić information content (AvgIpc) is 2.52. The normalized spacial score (nSPS) is 14.8. The van der Waals surface area contributed by atoms with E-state index in [0.717, 1.165) is 25.5 Å². The summed E-state index contributed by atoms with van der Waals surface area (Å²) in [6.07, 6.45) is 0.407. The van der Waals surface area contributed by atoms with Crippen LogP contribution in [0.4, 0.5) is 4.79 Å². The van der Waals surface area contributed by atoms with Gasteiger partial charge in [-0.15, -0.1) is 0 Å². The Labute approximate surface area is 159 Å². The summed E-state index contributed by atoms with van der Waals surface area (Å²) in [6, 6.07) is 0.0199. The summed E-state index contributed by atoms with van der Waals surface area (Å²) in [6.45, 7) is 16.0. The fraction of sp³-hybridized carbons (Fsp3) is 0.895. The Morgan fingerprint density at radius 2 is 1.88 bits per heavy atom. The van der Waals surface area contributed by atoms with Gasteiger partial charge < -0.3 is 25.4 Å². The molecular formula is C19H40N4O3. The molecule has 0 radical (unpaired) electrons. The lowest BCUT2D eigenvalue weighted by Crippen LogP contribution is -2.45. The maximum Gasteiger partial charge on any atom is 0.407 e. The molecule has 0 heterocycles. The lowest BCUT2D eigenvalue weighted by atomic mass is 10.0. The van der Waals surface area contributed by atoms with Gasteiger partial charge in [0.1, 0.15) is 5.60 Å². The topological polar surface area (TPSA) is 86.2 Å². The van der Waals surface area contributed by atoms with E-state index in [4.69, 9.17) is 9.84 Å². The number of amides is 1. The third-order valence-corrected chi connectivity index (χ3v) is 3.84. The van der Waals surface area contributed by atoms with Crippen molar-refractivity contribution in [2.45, 2.75) is 66.5 Å². The smallest absolute Gasteiger partial charge is 0.407 e. The van der Waals surface area contributed by atoms with Crippen molar-refractivity contribution in [2.75, 3.05) is 33.3 Å². The van der Waals surface area contributed by atoms with Gasteiger partial charge in [0.2, 0.25) is 0 Å². The zero-order valence-corrected chi connectivity index (χ0v) is 17.9. The van der Waals surface area contributed by atoms with E-state index in [9.17, 15) is 4.79 Å². The van der Waals surface area contributed by atoms with Gasteiger partial charge in [-0.1, -0.05) is 20.8 Å². The Morgan fingerprint density at radius 3 is 2.35 bits per heavy atom. The molecule has 26 heavy (non-hydrogen) atoms. The number of ether oxygens (including phenoxy) is 1. The van der Waals surface area contributed by atoms with Crippen molar-refractivity contribution in [3.05, 3.63) is 0 Å². The fourth-order valence-corrected chi connectivity index (χ4v) is 2.24. The highest BCUT2D eigenvalue weighted by Crippen LogP contribution is 2.11. The summed E-state index contributed by atoms with van der Waals surface area (Å²) in [4.78, 5) is 18.7. The van der Waals surface area contributed by atoms with Gasteiger partial charge in [0, 0.05) is 39.3 Å². The van der Waals surface area contributed by atoms with Crippen molar-refractivity contribution in [3.8, 4) is 0 Å². The first-order valence-corrected chi connectivity index (χ1v) is 9.59. The number of nitrogens with zero attached hydrogens (tertiary/aromatic N) is 2. The van der Waals surface area contributed by atoms with Crippen LogP contribution < -0.4 is 10.6 Å². The molecule has 0 aromatic heterocycles. The van der Waals surface area contributed by atoms with Crippen molar-refractivity contribution >= 4 is 12.1 Å². The van der Waals surface area contributed by atoms with E-state index >= 15 is 0 Å². The van der Waals surface area contributed by atoms with Crippen molar-refractivity contribution in [1.29, 1.82) is 0 Å². The maximum absolute atomic E-state index is 12.1. The molecule has 0 saturated heterocycles. The predicted octanol–water partition coefficient (Wildman–Crippen LogP) is 2.45. The second kappa shape index (κ2) is 12.0. The Hall–Kier alpha value is -1.50. The first-order valence-electron chi connectivity index (χ1n) is 9.59. The predicted molar refractivity (Wildman–Crippen MR) is 107 cm³/mol. The van der Waals surface area contributed by atoms with Crippen LogP contribution in [0.1, 0.15) is 54.9 Å². The highest BCUT2D eigenvalue weighted by molar-refractivity contribution is 5.79. The van der Waals surface area contributed by atoms with E-state index < -0.39 is 5.60 Å². The fourth-order valence-electron chi connectivity index (χ4n) is 2.24. The summed E-state index contributed by atoms with van der Waals surface area (Å²) in [7, 11) is 1.98. The molecule has 7 heteroatoms. The zero-order chi connectivity index (χ0) is 20.3. The summed E-state index contributed by atoms with van der Waals surface area (Å²) in [5.41, 5.74) is -0.503. The van der Waals surface area contributed by atoms with Gasteiger partial charge in [0.05, 0.1) is 0 Å². The van der Waals surface area contributed by atoms with Gasteiger partial charge in [-0.05, 0) is 46.0 Å². The molecule has 3 N–H and O–H groups in total. The van der Waals surface area contributed by atoms with Gasteiger partial charge in [0.25, 0.3) is 0 Å². The lowest BCUT2D eigenvalue weighted by Gasteiger charge is -2.28. The number of rotatable bonds is 9. The number of guanidine groups is 1. The number of hydrogen-bond acceptors (Lipinski definition) is 4. The molecule has 0 aromatic carbocycles. The summed E-state index contributed by atoms with van der Waals surface area (Å²) < 4.78 is 5.37. The summed E-state index contributed by atoms with van der Waals surface area (Å²) >= 11 is 0. The van der Waals surface area contributed by atoms with Crippen LogP contribution in [0, 0.1) is 11.8 Å². The lowest BCUT2D eigenvalue weighted by molar-refractivity contribution is 0.0486. The largest absolute Gasteiger partial charge is 0.444 e. The number of nitrogens with one attached hydrogen (secondary N) is 2. The highest BCUT2D eigenvalue weighted by Gasteiger charge is 2.22. The molecule has 0 spiro atoms. The second-order valence-corrected chi connectivity index (χ2v) is 8.19. The molecular weight excluding hydrogens is 332 g/mol. The number of aliphatic hydroxyl groups excluding tert-OH is 1. The van der Waals surface area contributed by atoms with E-state index in [0.29, 0.717) is 12.5 Å². The standard InChI is InChI=1S/C19H40N4O3/c1-9-20-17(21-12-15(4)13-24)23(8)11-10-16(14(2)3)22-18(25)26-19(5,6)7/h14-16,24H,9-13H2,1-8H3,(H,20,21)(H,22,25). The third kappa shape index (κ3) is 11.2. The monoisotopic (exact) mass is 372 g/mol. The third-order valence-electron chi connectivity index (χ3n) is 3.84. The van der Waals surface area contributed by atoms with Crippen LogP contribution in [0.15, 0.2) is 4.99 Å². The maximum atomic E-state index is 12.1. The van der Waals surface area contributed by atoms with Crippen LogP contribution in [0.25, 0.3) is 0 Å². The zero-order valence-electron chi connectivity index (χ0n) is 17.9. The Morgan fingerprint density at radius 1 is 1.27 bits per heavy atom. The molecule has 0 rings (SSSR count). The minimum absolute atomic E-state index is 0.0199. The van der Waals surface area contributed by atoms with Gasteiger partial charge in [0.15, 0.2) is 5.96 Å². The molecule has 7 nitrogen and oxygen atoms in total. The molecule has 0 aliphatic rings. The molecule has 0 bridgehead atoms. The number of aliphatic hydroxyl groups is 1. The van der Waals surface area contributed by atoms with Crippen LogP contribution >= 0.6 is 0 Å². The minimum atomic E-state index is -0.503. The minimum Gasteiger partial charge on any atom is -0.444 e. The number of carbonyl (C=O) groups excluding carboxylic acids is 1. The molecule has 1 amide bonds. The van der Waals surface area contributed by atoms with E-state index in [1.807, 2.05) is 41.7 Å². The van der Waals surface area contributed by atoms with Gasteiger partial charge in [-0.25, -0.2) is 4.79 Å². The summed E-state index contributed by atoms with van der Waals surface area (Å²) in [5.74, 6) is 1.24. The molecule has 0 aromatic rings. The first-order chi connectivity index (χ1) is 12.0. The van der Waals surface area contributed by atoms with E-state index in [1.165, 1.54) is 0 Å². The highest BCUT2D eigenvalue weighted by atomic mass is 16.6. The van der Waals surface area contributed by atoms with Crippen molar-refractivity contribution in [3.63, 3.8) is 0 Å². The number of aliphatic imine (C=N–C) groups is 1. The average molecular weight is 373 g/mol. The number of carbonyl (C=O) groups is 1. The van der Waals surface area contributed by atoms with E-state index in [1.54, 1.807) is 0 Å². The Balaban J connectivity index is 4.75. The van der Waals surface area contributed by atoms with Crippen LogP contribution in [0.2, 0.25) is 0 Å². The van der Waals surface area contributed by atoms with Crippen LogP contribution in [0.5, 0.6) is 0 Å². The Kier molecular flexibility index (Phi) is 11.3. The van der Waals surface area contributed by atoms with Gasteiger partial charge in [-0.2, -0.15) is 0 Å². The van der Waals surface area contributed by atoms with Gasteiger partial charge >= 0.3 is 6.09 Å². The second-order valence-electron chi connectivity index (χ2n) is 8.19. The van der Waals surface area contributed by atoms with Crippen molar-refractivity contribution in [2.24, 2.45) is 16.8 Å². The van der Waals surface area contributed by atoms with E-state index in [-0.39, 0.29) is 24.7 Å². The molecule has 2 atom stereocenters. The molecule has 154 valence electrons. The van der Waals surface area contributed by atoms with E-state index in [2.05, 4.69) is 34.4 Å². The first kappa shape index (κ1) is 24.5. The molecule has 0 aliphatic carbocycles. The number of alkyl carbamates (subject to hydrolysis) is 1. The number of hydrogen-bond donors (Lipinski definition) is 3. The van der Waals surface area contributed by atoms with Crippen molar-refractivity contribution in [1.82, 2.24) is 15.5 Å². The summed E-state index contributed by atoms with van der Waals surface area (Å²) in [5, 5.41) is 15.4. The van der Waals surface area contributed by atoms with Crippen LogP contribution in [0.3, 0.4) is 0 Å². The quantitative estimate of drug-likeness (QED) is 0.427. The molecule has 0 saturated carbocycles. The molecule has 0 fully saturated rings. The van der Waals surface area contributed by atoms with Crippen LogP contribution in [-0.2, 0) is 4.74 Å².